The molecule has 1 fully saturated rings. The van der Waals surface area contributed by atoms with Crippen LogP contribution >= 0.6 is 11.6 Å². The Bertz CT molecular complexity index is 307. The summed E-state index contributed by atoms with van der Waals surface area (Å²) in [4.78, 5) is 0. The number of hydrogen-bond donors (Lipinski definition) is 1. The lowest BCUT2D eigenvalue weighted by Crippen LogP contribution is -2.33. The maximum absolute atomic E-state index is 5.80. The molecule has 1 heterocycles. The van der Waals surface area contributed by atoms with Gasteiger partial charge in [-0.2, -0.15) is 0 Å². The van der Waals surface area contributed by atoms with Gasteiger partial charge in [0.15, 0.2) is 0 Å². The minimum atomic E-state index is -0.224. The lowest BCUT2D eigenvalue weighted by atomic mass is 9.82. The van der Waals surface area contributed by atoms with Gasteiger partial charge in [-0.25, -0.2) is 0 Å². The van der Waals surface area contributed by atoms with Crippen molar-refractivity contribution in [1.29, 1.82) is 0 Å². The second-order valence-electron chi connectivity index (χ2n) is 3.98. The fraction of sp³-hybridized carbons (Fsp3) is 0.778. The van der Waals surface area contributed by atoms with Crippen molar-refractivity contribution in [2.45, 2.75) is 38.1 Å². The van der Waals surface area contributed by atoms with E-state index in [1.807, 2.05) is 6.92 Å². The van der Waals surface area contributed by atoms with Gasteiger partial charge in [0.05, 0.1) is 0 Å². The number of nitrogens with zero attached hydrogens (tertiary/aromatic N) is 2. The van der Waals surface area contributed by atoms with Crippen molar-refractivity contribution < 1.29 is 4.42 Å². The Morgan fingerprint density at radius 3 is 2.71 bits per heavy atom. The molecule has 1 saturated carbocycles. The van der Waals surface area contributed by atoms with Crippen LogP contribution in [0.4, 0.5) is 6.01 Å². The molecule has 78 valence electrons. The van der Waals surface area contributed by atoms with Crippen LogP contribution in [0.1, 0.15) is 38.0 Å². The Labute approximate surface area is 88.0 Å². The lowest BCUT2D eigenvalue weighted by Gasteiger charge is -2.32. The van der Waals surface area contributed by atoms with Crippen molar-refractivity contribution in [3.63, 3.8) is 0 Å². The summed E-state index contributed by atoms with van der Waals surface area (Å²) in [6, 6.07) is 0.980. The van der Waals surface area contributed by atoms with Crippen molar-refractivity contribution in [2.24, 2.45) is 5.92 Å². The predicted octanol–water partition coefficient (Wildman–Crippen LogP) is 2.58. The van der Waals surface area contributed by atoms with E-state index in [9.17, 15) is 0 Å². The van der Waals surface area contributed by atoms with E-state index in [0.717, 1.165) is 5.92 Å². The highest BCUT2D eigenvalue weighted by Crippen LogP contribution is 2.29. The predicted molar refractivity (Wildman–Crippen MR) is 54.4 cm³/mol. The Balaban J connectivity index is 1.90. The normalized spacial score (nSPS) is 28.2. The van der Waals surface area contributed by atoms with E-state index in [0.29, 0.717) is 17.9 Å². The first-order chi connectivity index (χ1) is 6.65. The van der Waals surface area contributed by atoms with Crippen LogP contribution in [0.3, 0.4) is 0 Å². The number of nitrogens with one attached hydrogen (secondary N) is 1. The van der Waals surface area contributed by atoms with Gasteiger partial charge >= 0.3 is 6.01 Å². The molecule has 1 aliphatic rings. The molecular formula is C9H14ClN3O. The van der Waals surface area contributed by atoms with Gasteiger partial charge in [0.25, 0.3) is 0 Å². The van der Waals surface area contributed by atoms with E-state index in [1.54, 1.807) is 0 Å². The molecule has 4 nitrogen and oxygen atoms in total. The minimum absolute atomic E-state index is 0.224. The highest BCUT2D eigenvalue weighted by atomic mass is 35.5. The van der Waals surface area contributed by atoms with Crippen LogP contribution in [0.25, 0.3) is 0 Å². The van der Waals surface area contributed by atoms with Crippen LogP contribution in [0.2, 0.25) is 0 Å². The Morgan fingerprint density at radius 2 is 2.21 bits per heavy atom. The van der Waals surface area contributed by atoms with Crippen LogP contribution in [0, 0.1) is 5.92 Å². The van der Waals surface area contributed by atoms with Crippen molar-refractivity contribution in [1.82, 2.24) is 10.2 Å². The highest BCUT2D eigenvalue weighted by Gasteiger charge is 2.26. The number of rotatable bonds is 3. The first-order valence-electron chi connectivity index (χ1n) is 4.89. The number of halogens is 1. The first-order valence-corrected chi connectivity index (χ1v) is 5.33. The highest BCUT2D eigenvalue weighted by molar-refractivity contribution is 6.20. The monoisotopic (exact) mass is 215 g/mol. The molecule has 0 bridgehead atoms. The topological polar surface area (TPSA) is 51.0 Å². The maximum atomic E-state index is 5.80. The fourth-order valence-corrected chi connectivity index (χ4v) is 1.74. The summed E-state index contributed by atoms with van der Waals surface area (Å²) in [5.41, 5.74) is 0. The molecule has 1 atom stereocenters. The van der Waals surface area contributed by atoms with Crippen LogP contribution in [0.5, 0.6) is 0 Å². The van der Waals surface area contributed by atoms with Crippen molar-refractivity contribution in [3.8, 4) is 0 Å². The second kappa shape index (κ2) is 3.77. The summed E-state index contributed by atoms with van der Waals surface area (Å²) < 4.78 is 5.32. The zero-order chi connectivity index (χ0) is 10.1. The molecule has 0 radical (unpaired) electrons. The number of alkyl halides is 1. The number of anilines is 1. The van der Waals surface area contributed by atoms with Crippen molar-refractivity contribution in [2.75, 3.05) is 5.32 Å². The molecule has 0 aliphatic heterocycles. The molecule has 2 rings (SSSR count). The van der Waals surface area contributed by atoms with Crippen molar-refractivity contribution >= 4 is 17.6 Å². The molecule has 0 amide bonds. The molecule has 1 unspecified atom stereocenters. The van der Waals surface area contributed by atoms with Gasteiger partial charge in [-0.3, -0.25) is 0 Å². The average molecular weight is 216 g/mol. The third kappa shape index (κ3) is 2.00. The van der Waals surface area contributed by atoms with E-state index in [4.69, 9.17) is 16.0 Å². The maximum Gasteiger partial charge on any atom is 0.315 e. The van der Waals surface area contributed by atoms with Gasteiger partial charge in [0.2, 0.25) is 5.89 Å². The third-order valence-corrected chi connectivity index (χ3v) is 2.67. The van der Waals surface area contributed by atoms with Crippen LogP contribution < -0.4 is 5.32 Å². The summed E-state index contributed by atoms with van der Waals surface area (Å²) >= 11 is 5.80. The summed E-state index contributed by atoms with van der Waals surface area (Å²) in [6.45, 7) is 4.04. The summed E-state index contributed by atoms with van der Waals surface area (Å²) in [5, 5.41) is 10.7. The molecule has 1 N–H and O–H groups in total. The van der Waals surface area contributed by atoms with Gasteiger partial charge in [-0.05, 0) is 25.7 Å². The second-order valence-corrected chi connectivity index (χ2v) is 4.63. The zero-order valence-electron chi connectivity index (χ0n) is 8.33. The summed E-state index contributed by atoms with van der Waals surface area (Å²) in [5.74, 6) is 1.28. The molecule has 1 aromatic heterocycles. The molecule has 0 saturated heterocycles. The summed E-state index contributed by atoms with van der Waals surface area (Å²) in [7, 11) is 0. The Kier molecular flexibility index (Phi) is 2.63. The Hall–Kier alpha value is -0.770. The molecular weight excluding hydrogens is 202 g/mol. The molecule has 1 aromatic rings. The zero-order valence-corrected chi connectivity index (χ0v) is 9.08. The molecule has 0 aromatic carbocycles. The summed E-state index contributed by atoms with van der Waals surface area (Å²) in [6.07, 6.45) is 2.35. The minimum Gasteiger partial charge on any atom is -0.406 e. The van der Waals surface area contributed by atoms with Gasteiger partial charge < -0.3 is 9.73 Å². The van der Waals surface area contributed by atoms with Gasteiger partial charge in [-0.1, -0.05) is 12.0 Å². The van der Waals surface area contributed by atoms with Gasteiger partial charge in [0, 0.05) is 6.04 Å². The molecule has 1 aliphatic carbocycles. The van der Waals surface area contributed by atoms with E-state index >= 15 is 0 Å². The smallest absolute Gasteiger partial charge is 0.315 e. The molecule has 5 heteroatoms. The third-order valence-electron chi connectivity index (χ3n) is 2.48. The standard InChI is InChI=1S/C9H14ClN3O/c1-5-3-7(4-5)11-9-13-12-8(14-9)6(2)10/h5-7H,3-4H2,1-2H3,(H,11,13). The Morgan fingerprint density at radius 1 is 1.50 bits per heavy atom. The largest absolute Gasteiger partial charge is 0.406 e. The lowest BCUT2D eigenvalue weighted by molar-refractivity contribution is 0.303. The van der Waals surface area contributed by atoms with Crippen LogP contribution in [-0.4, -0.2) is 16.2 Å². The van der Waals surface area contributed by atoms with E-state index < -0.39 is 0 Å². The number of hydrogen-bond acceptors (Lipinski definition) is 4. The van der Waals surface area contributed by atoms with Crippen molar-refractivity contribution in [3.05, 3.63) is 5.89 Å². The van der Waals surface area contributed by atoms with Gasteiger partial charge in [0.1, 0.15) is 5.38 Å². The molecule has 14 heavy (non-hydrogen) atoms. The van der Waals surface area contributed by atoms with E-state index in [-0.39, 0.29) is 5.38 Å². The number of aromatic nitrogens is 2. The van der Waals surface area contributed by atoms with E-state index in [1.165, 1.54) is 12.8 Å². The van der Waals surface area contributed by atoms with Gasteiger partial charge in [-0.15, -0.1) is 16.7 Å². The first kappa shape index (κ1) is 9.77. The molecule has 0 spiro atoms. The quantitative estimate of drug-likeness (QED) is 0.788. The SMILES string of the molecule is CC1CC(Nc2nnc(C(C)Cl)o2)C1. The van der Waals surface area contributed by atoms with Crippen LogP contribution in [-0.2, 0) is 0 Å². The van der Waals surface area contributed by atoms with E-state index in [2.05, 4.69) is 22.4 Å². The average Bonchev–Trinajstić information content (AvgIpc) is 2.50. The fourth-order valence-electron chi connectivity index (χ4n) is 1.65. The van der Waals surface area contributed by atoms with Crippen LogP contribution in [0.15, 0.2) is 4.42 Å².